The third-order valence-electron chi connectivity index (χ3n) is 5.18. The Kier molecular flexibility index (Phi) is 4.99. The minimum absolute atomic E-state index is 0.566. The molecule has 1 fully saturated rings. The van der Waals surface area contributed by atoms with E-state index in [1.165, 1.54) is 31.2 Å². The zero-order valence-corrected chi connectivity index (χ0v) is 15.9. The Morgan fingerprint density at radius 3 is 2.05 bits per heavy atom. The Balaban J connectivity index is 1.92. The second-order valence-corrected chi connectivity index (χ2v) is 13.8. The van der Waals surface area contributed by atoms with Crippen LogP contribution in [0.1, 0.15) is 45.1 Å². The Bertz CT molecular complexity index is 445. The summed E-state index contributed by atoms with van der Waals surface area (Å²) in [5.74, 6) is 0. The van der Waals surface area contributed by atoms with E-state index in [0.717, 1.165) is 12.6 Å². The van der Waals surface area contributed by atoms with Crippen LogP contribution < -0.4 is 5.19 Å². The normalized spacial score (nSPS) is 20.0. The van der Waals surface area contributed by atoms with Gasteiger partial charge < -0.3 is 0 Å². The molecule has 2 heteroatoms. The monoisotopic (exact) mass is 303 g/mol. The first-order valence-electron chi connectivity index (χ1n) is 8.47. The van der Waals surface area contributed by atoms with Crippen molar-refractivity contribution in [3.63, 3.8) is 0 Å². The van der Waals surface area contributed by atoms with Crippen LogP contribution >= 0.6 is 0 Å². The van der Waals surface area contributed by atoms with Crippen molar-refractivity contribution in [3.8, 4) is 0 Å². The molecule has 1 nitrogen and oxygen atoms in total. The second kappa shape index (κ2) is 6.25. The molecule has 0 unspecified atom stereocenters. The van der Waals surface area contributed by atoms with Gasteiger partial charge in [-0.15, -0.1) is 0 Å². The first kappa shape index (κ1) is 16.8. The maximum Gasteiger partial charge on any atom is 0.0775 e. The Morgan fingerprint density at radius 1 is 1.05 bits per heavy atom. The minimum Gasteiger partial charge on any atom is -0.299 e. The summed E-state index contributed by atoms with van der Waals surface area (Å²) in [6, 6.07) is 10.2. The molecule has 21 heavy (non-hydrogen) atoms. The lowest BCUT2D eigenvalue weighted by molar-refractivity contribution is 0.123. The predicted octanol–water partition coefficient (Wildman–Crippen LogP) is 4.63. The lowest BCUT2D eigenvalue weighted by Crippen LogP contribution is -2.38. The van der Waals surface area contributed by atoms with Crippen molar-refractivity contribution in [1.29, 1.82) is 0 Å². The second-order valence-electron chi connectivity index (χ2n) is 8.76. The molecule has 1 saturated carbocycles. The summed E-state index contributed by atoms with van der Waals surface area (Å²) in [4.78, 5) is 2.57. The van der Waals surface area contributed by atoms with Crippen LogP contribution in [0, 0.1) is 5.41 Å². The highest BCUT2D eigenvalue weighted by atomic mass is 28.3. The first-order valence-corrected chi connectivity index (χ1v) is 12.0. The van der Waals surface area contributed by atoms with Crippen LogP contribution in [0.15, 0.2) is 24.3 Å². The van der Waals surface area contributed by atoms with Crippen LogP contribution in [0.2, 0.25) is 19.6 Å². The molecular weight excluding hydrogens is 270 g/mol. The molecule has 0 radical (unpaired) electrons. The molecule has 0 spiro atoms. The fourth-order valence-electron chi connectivity index (χ4n) is 3.35. The molecule has 0 N–H and O–H groups in total. The predicted molar refractivity (Wildman–Crippen MR) is 96.9 cm³/mol. The van der Waals surface area contributed by atoms with E-state index in [2.05, 4.69) is 69.7 Å². The van der Waals surface area contributed by atoms with Crippen LogP contribution in [-0.4, -0.2) is 26.1 Å². The van der Waals surface area contributed by atoms with Gasteiger partial charge in [-0.25, -0.2) is 0 Å². The average Bonchev–Trinajstić information content (AvgIpc) is 2.38. The highest BCUT2D eigenvalue weighted by molar-refractivity contribution is 6.88. The Morgan fingerprint density at radius 2 is 1.57 bits per heavy atom. The van der Waals surface area contributed by atoms with E-state index in [1.807, 2.05) is 0 Å². The summed E-state index contributed by atoms with van der Waals surface area (Å²) in [5, 5.41) is 1.56. The highest BCUT2D eigenvalue weighted by Gasteiger charge is 2.28. The topological polar surface area (TPSA) is 3.24 Å². The smallest absolute Gasteiger partial charge is 0.0775 e. The van der Waals surface area contributed by atoms with Crippen molar-refractivity contribution in [2.75, 3.05) is 7.05 Å². The third-order valence-corrected chi connectivity index (χ3v) is 7.25. The highest BCUT2D eigenvalue weighted by Crippen LogP contribution is 2.36. The Hall–Kier alpha value is -0.603. The number of rotatable bonds is 4. The lowest BCUT2D eigenvalue weighted by atomic mass is 9.75. The van der Waals surface area contributed by atoms with Gasteiger partial charge in [0.1, 0.15) is 0 Å². The largest absolute Gasteiger partial charge is 0.299 e. The van der Waals surface area contributed by atoms with Crippen molar-refractivity contribution in [2.45, 2.75) is 71.8 Å². The van der Waals surface area contributed by atoms with Crippen LogP contribution in [0.25, 0.3) is 0 Å². The van der Waals surface area contributed by atoms with Gasteiger partial charge in [-0.3, -0.25) is 4.90 Å². The molecular formula is C19H33NSi. The molecule has 0 aliphatic heterocycles. The van der Waals surface area contributed by atoms with Gasteiger partial charge in [-0.2, -0.15) is 0 Å². The van der Waals surface area contributed by atoms with Crippen LogP contribution in [0.4, 0.5) is 0 Å². The zero-order valence-electron chi connectivity index (χ0n) is 14.9. The van der Waals surface area contributed by atoms with E-state index in [0.29, 0.717) is 5.41 Å². The van der Waals surface area contributed by atoms with Crippen LogP contribution in [0.3, 0.4) is 0 Å². The molecule has 1 aromatic carbocycles. The van der Waals surface area contributed by atoms with E-state index in [-0.39, 0.29) is 0 Å². The van der Waals surface area contributed by atoms with Crippen LogP contribution in [-0.2, 0) is 6.54 Å². The zero-order chi connectivity index (χ0) is 15.7. The molecule has 1 aliphatic carbocycles. The van der Waals surface area contributed by atoms with Gasteiger partial charge in [0.2, 0.25) is 0 Å². The number of benzene rings is 1. The van der Waals surface area contributed by atoms with E-state index in [9.17, 15) is 0 Å². The lowest BCUT2D eigenvalue weighted by Gasteiger charge is -2.38. The summed E-state index contributed by atoms with van der Waals surface area (Å²) in [7, 11) is 1.14. The fourth-order valence-corrected chi connectivity index (χ4v) is 4.52. The average molecular weight is 304 g/mol. The van der Waals surface area contributed by atoms with E-state index in [4.69, 9.17) is 0 Å². The van der Waals surface area contributed by atoms with Gasteiger partial charge in [0.15, 0.2) is 0 Å². The molecule has 0 bridgehead atoms. The minimum atomic E-state index is -1.16. The number of hydrogen-bond acceptors (Lipinski definition) is 1. The van der Waals surface area contributed by atoms with E-state index >= 15 is 0 Å². The number of nitrogens with zero attached hydrogens (tertiary/aromatic N) is 1. The summed E-state index contributed by atoms with van der Waals surface area (Å²) in [5.41, 5.74) is 2.03. The van der Waals surface area contributed by atoms with E-state index < -0.39 is 8.07 Å². The molecule has 0 saturated heterocycles. The molecule has 0 aromatic heterocycles. The van der Waals surface area contributed by atoms with Crippen molar-refractivity contribution >= 4 is 13.3 Å². The van der Waals surface area contributed by atoms with Crippen molar-refractivity contribution in [1.82, 2.24) is 4.90 Å². The van der Waals surface area contributed by atoms with Gasteiger partial charge in [-0.1, -0.05) is 62.9 Å². The molecule has 0 atom stereocenters. The standard InChI is InChI=1S/C19H33NSi/c1-19(2)13-11-17(12-14-19)20(3)15-16-7-9-18(10-8-16)21(4,5)6/h7-10,17H,11-15H2,1-6H3. The molecule has 2 rings (SSSR count). The molecule has 0 heterocycles. The summed E-state index contributed by atoms with van der Waals surface area (Å²) in [6.45, 7) is 13.2. The first-order chi connectivity index (χ1) is 9.67. The quantitative estimate of drug-likeness (QED) is 0.733. The van der Waals surface area contributed by atoms with Gasteiger partial charge >= 0.3 is 0 Å². The maximum atomic E-state index is 2.57. The van der Waals surface area contributed by atoms with Gasteiger partial charge in [0.25, 0.3) is 0 Å². The molecule has 1 aliphatic rings. The molecule has 118 valence electrons. The Labute approximate surface area is 132 Å². The third kappa shape index (κ3) is 4.69. The summed E-state index contributed by atoms with van der Waals surface area (Å²) in [6.07, 6.45) is 5.46. The summed E-state index contributed by atoms with van der Waals surface area (Å²) < 4.78 is 0. The van der Waals surface area contributed by atoms with Gasteiger partial charge in [0.05, 0.1) is 8.07 Å². The van der Waals surface area contributed by atoms with Crippen molar-refractivity contribution in [3.05, 3.63) is 29.8 Å². The van der Waals surface area contributed by atoms with E-state index in [1.54, 1.807) is 5.19 Å². The van der Waals surface area contributed by atoms with Crippen LogP contribution in [0.5, 0.6) is 0 Å². The summed E-state index contributed by atoms with van der Waals surface area (Å²) >= 11 is 0. The van der Waals surface area contributed by atoms with Crippen molar-refractivity contribution in [2.24, 2.45) is 5.41 Å². The SMILES string of the molecule is CN(Cc1ccc([Si](C)(C)C)cc1)C1CCC(C)(C)CC1. The van der Waals surface area contributed by atoms with Gasteiger partial charge in [0, 0.05) is 12.6 Å². The van der Waals surface area contributed by atoms with Crippen molar-refractivity contribution < 1.29 is 0 Å². The molecule has 0 amide bonds. The number of hydrogen-bond donors (Lipinski definition) is 0. The van der Waals surface area contributed by atoms with Gasteiger partial charge in [-0.05, 0) is 43.7 Å². The fraction of sp³-hybridized carbons (Fsp3) is 0.684. The molecule has 1 aromatic rings. The maximum absolute atomic E-state index is 2.57.